The van der Waals surface area contributed by atoms with Crippen molar-refractivity contribution in [1.82, 2.24) is 19.6 Å². The Kier molecular flexibility index (Phi) is 3.66. The Morgan fingerprint density at radius 3 is 2.18 bits per heavy atom. The number of benzene rings is 2. The fraction of sp³-hybridized carbons (Fsp3) is 0.217. The van der Waals surface area contributed by atoms with Gasteiger partial charge < -0.3 is 0 Å². The van der Waals surface area contributed by atoms with E-state index in [0.29, 0.717) is 29.3 Å². The molecule has 138 valence electrons. The summed E-state index contributed by atoms with van der Waals surface area (Å²) in [5.74, 6) is 1.27. The number of hydrogen-bond donors (Lipinski definition) is 0. The quantitative estimate of drug-likeness (QED) is 0.518. The topological polar surface area (TPSA) is 60.2 Å². The van der Waals surface area contributed by atoms with Gasteiger partial charge in [-0.1, -0.05) is 74.5 Å². The molecular weight excluding hydrogens is 348 g/mol. The van der Waals surface area contributed by atoms with Gasteiger partial charge in [0.25, 0.3) is 5.78 Å². The monoisotopic (exact) mass is 368 g/mol. The van der Waals surface area contributed by atoms with E-state index in [1.165, 1.54) is 0 Å². The van der Waals surface area contributed by atoms with E-state index < -0.39 is 0 Å². The molecule has 0 saturated carbocycles. The van der Waals surface area contributed by atoms with Crippen LogP contribution in [0.15, 0.2) is 60.7 Å². The van der Waals surface area contributed by atoms with E-state index in [1.54, 1.807) is 4.52 Å². The van der Waals surface area contributed by atoms with Gasteiger partial charge in [-0.3, -0.25) is 4.79 Å². The molecule has 0 spiro atoms. The first-order valence-corrected chi connectivity index (χ1v) is 9.45. The molecule has 1 aliphatic carbocycles. The van der Waals surface area contributed by atoms with Crippen LogP contribution in [0.2, 0.25) is 0 Å². The van der Waals surface area contributed by atoms with Crippen molar-refractivity contribution in [3.8, 4) is 22.6 Å². The summed E-state index contributed by atoms with van der Waals surface area (Å²) in [6.07, 6.45) is 1.26. The van der Waals surface area contributed by atoms with Crippen molar-refractivity contribution in [2.24, 2.45) is 5.41 Å². The second kappa shape index (κ2) is 6.09. The molecule has 0 fully saturated rings. The molecule has 5 nitrogen and oxygen atoms in total. The van der Waals surface area contributed by atoms with Crippen LogP contribution in [0.5, 0.6) is 0 Å². The highest BCUT2D eigenvalue weighted by Gasteiger charge is 2.36. The maximum absolute atomic E-state index is 13.1. The Balaban J connectivity index is 1.82. The summed E-state index contributed by atoms with van der Waals surface area (Å²) in [6, 6.07) is 19.7. The lowest BCUT2D eigenvalue weighted by Crippen LogP contribution is -2.30. The number of carbonyl (C=O) groups excluding carboxylic acids is 1. The number of fused-ring (bicyclic) bond motifs is 3. The number of aromatic nitrogens is 4. The number of nitrogens with zero attached hydrogens (tertiary/aromatic N) is 4. The minimum Gasteiger partial charge on any atom is -0.294 e. The molecule has 5 rings (SSSR count). The highest BCUT2D eigenvalue weighted by atomic mass is 16.1. The molecule has 0 aliphatic heterocycles. The zero-order chi connectivity index (χ0) is 19.3. The number of Topliss-reactive ketones (excluding diaryl/α,β-unsaturated/α-hetero) is 1. The molecule has 0 unspecified atom stereocenters. The number of rotatable bonds is 2. The Labute approximate surface area is 163 Å². The number of carbonyl (C=O) groups is 1. The summed E-state index contributed by atoms with van der Waals surface area (Å²) in [5.41, 5.74) is 4.03. The minimum atomic E-state index is -0.120. The van der Waals surface area contributed by atoms with E-state index in [9.17, 15) is 4.79 Å². The average molecular weight is 368 g/mol. The molecule has 2 aromatic carbocycles. The predicted octanol–water partition coefficient (Wildman–Crippen LogP) is 4.61. The van der Waals surface area contributed by atoms with Gasteiger partial charge in [-0.2, -0.15) is 9.50 Å². The lowest BCUT2D eigenvalue weighted by molar-refractivity contribution is 0.0909. The zero-order valence-corrected chi connectivity index (χ0v) is 15.9. The van der Waals surface area contributed by atoms with E-state index in [4.69, 9.17) is 10.1 Å². The number of hydrogen-bond acceptors (Lipinski definition) is 4. The van der Waals surface area contributed by atoms with Gasteiger partial charge in [0.05, 0.1) is 17.0 Å². The van der Waals surface area contributed by atoms with Crippen molar-refractivity contribution in [1.29, 1.82) is 0 Å². The van der Waals surface area contributed by atoms with Crippen LogP contribution < -0.4 is 0 Å². The second-order valence-electron chi connectivity index (χ2n) is 8.10. The molecule has 5 heteroatoms. The van der Waals surface area contributed by atoms with E-state index in [2.05, 4.69) is 18.8 Å². The minimum absolute atomic E-state index is 0.120. The largest absolute Gasteiger partial charge is 0.294 e. The average Bonchev–Trinajstić information content (AvgIpc) is 3.12. The summed E-state index contributed by atoms with van der Waals surface area (Å²) in [5, 5.41) is 4.72. The SMILES string of the molecule is CC1(C)CC(=O)c2c(-c3ccccc3)nc3nc(-c4ccccc4)nn3c2C1. The van der Waals surface area contributed by atoms with Crippen LogP contribution in [-0.4, -0.2) is 25.4 Å². The van der Waals surface area contributed by atoms with Gasteiger partial charge >= 0.3 is 0 Å². The van der Waals surface area contributed by atoms with Crippen LogP contribution >= 0.6 is 0 Å². The lowest BCUT2D eigenvalue weighted by atomic mass is 9.75. The van der Waals surface area contributed by atoms with Gasteiger partial charge in [0, 0.05) is 17.5 Å². The first kappa shape index (κ1) is 16.8. The van der Waals surface area contributed by atoms with Crippen LogP contribution in [-0.2, 0) is 6.42 Å². The molecule has 0 amide bonds. The third-order valence-electron chi connectivity index (χ3n) is 5.23. The van der Waals surface area contributed by atoms with Gasteiger partial charge in [0.2, 0.25) is 0 Å². The molecule has 0 atom stereocenters. The fourth-order valence-corrected chi connectivity index (χ4v) is 3.97. The maximum Gasteiger partial charge on any atom is 0.253 e. The molecule has 1 aliphatic rings. The van der Waals surface area contributed by atoms with Crippen molar-refractivity contribution >= 4 is 11.6 Å². The molecule has 0 bridgehead atoms. The molecule has 0 N–H and O–H groups in total. The molecule has 0 radical (unpaired) electrons. The molecule has 0 saturated heterocycles. The van der Waals surface area contributed by atoms with Gasteiger partial charge in [0.1, 0.15) is 0 Å². The maximum atomic E-state index is 13.1. The zero-order valence-electron chi connectivity index (χ0n) is 15.9. The summed E-state index contributed by atoms with van der Waals surface area (Å²) in [7, 11) is 0. The summed E-state index contributed by atoms with van der Waals surface area (Å²) in [4.78, 5) is 22.6. The summed E-state index contributed by atoms with van der Waals surface area (Å²) in [6.45, 7) is 4.24. The molecule has 28 heavy (non-hydrogen) atoms. The normalized spacial score (nSPS) is 15.6. The van der Waals surface area contributed by atoms with Crippen LogP contribution in [0.25, 0.3) is 28.4 Å². The van der Waals surface area contributed by atoms with Crippen molar-refractivity contribution < 1.29 is 4.79 Å². The second-order valence-corrected chi connectivity index (χ2v) is 8.10. The van der Waals surface area contributed by atoms with Crippen LogP contribution in [0, 0.1) is 5.41 Å². The smallest absolute Gasteiger partial charge is 0.253 e. The standard InChI is InChI=1S/C23H20N4O/c1-23(2)13-17-19(18(28)14-23)20(15-9-5-3-6-10-15)24-22-25-21(26-27(17)22)16-11-7-4-8-12-16/h3-12H,13-14H2,1-2H3. The van der Waals surface area contributed by atoms with Gasteiger partial charge in [-0.25, -0.2) is 4.98 Å². The highest BCUT2D eigenvalue weighted by molar-refractivity contribution is 6.04. The van der Waals surface area contributed by atoms with Gasteiger partial charge in [-0.05, 0) is 11.8 Å². The molecular formula is C23H20N4O. The van der Waals surface area contributed by atoms with Gasteiger partial charge in [-0.15, -0.1) is 5.10 Å². The highest BCUT2D eigenvalue weighted by Crippen LogP contribution is 2.38. The van der Waals surface area contributed by atoms with E-state index in [-0.39, 0.29) is 11.2 Å². The van der Waals surface area contributed by atoms with Crippen LogP contribution in [0.1, 0.15) is 36.3 Å². The summed E-state index contributed by atoms with van der Waals surface area (Å²) >= 11 is 0. The first-order valence-electron chi connectivity index (χ1n) is 9.45. The third-order valence-corrected chi connectivity index (χ3v) is 5.23. The van der Waals surface area contributed by atoms with Crippen molar-refractivity contribution in [3.05, 3.63) is 71.9 Å². The third kappa shape index (κ3) is 2.71. The Bertz CT molecular complexity index is 1190. The van der Waals surface area contributed by atoms with Crippen molar-refractivity contribution in [2.75, 3.05) is 0 Å². The number of ketones is 1. The fourth-order valence-electron chi connectivity index (χ4n) is 3.97. The van der Waals surface area contributed by atoms with Crippen LogP contribution in [0.4, 0.5) is 0 Å². The van der Waals surface area contributed by atoms with Crippen molar-refractivity contribution in [2.45, 2.75) is 26.7 Å². The predicted molar refractivity (Wildman–Crippen MR) is 108 cm³/mol. The molecule has 2 aromatic heterocycles. The molecule has 2 heterocycles. The van der Waals surface area contributed by atoms with Crippen molar-refractivity contribution in [3.63, 3.8) is 0 Å². The van der Waals surface area contributed by atoms with Gasteiger partial charge in [0.15, 0.2) is 11.6 Å². The van der Waals surface area contributed by atoms with E-state index in [1.807, 2.05) is 60.7 Å². The lowest BCUT2D eigenvalue weighted by Gasteiger charge is -2.30. The summed E-state index contributed by atoms with van der Waals surface area (Å²) < 4.78 is 1.77. The Morgan fingerprint density at radius 1 is 0.857 bits per heavy atom. The Morgan fingerprint density at radius 2 is 1.50 bits per heavy atom. The van der Waals surface area contributed by atoms with Crippen LogP contribution in [0.3, 0.4) is 0 Å². The molecule has 4 aromatic rings. The Hall–Kier alpha value is -3.34. The van der Waals surface area contributed by atoms with E-state index in [0.717, 1.165) is 23.2 Å². The van der Waals surface area contributed by atoms with E-state index >= 15 is 0 Å². The first-order chi connectivity index (χ1) is 13.5.